The zero-order valence-corrected chi connectivity index (χ0v) is 27.9. The Morgan fingerprint density at radius 2 is 1.07 bits per heavy atom. The van der Waals surface area contributed by atoms with Gasteiger partial charge in [-0.2, -0.15) is 0 Å². The summed E-state index contributed by atoms with van der Waals surface area (Å²) in [6, 6.07) is 34.4. The highest BCUT2D eigenvalue weighted by Gasteiger charge is 2.42. The Balaban J connectivity index is 1.42. The van der Waals surface area contributed by atoms with Crippen LogP contribution in [0.15, 0.2) is 111 Å². The summed E-state index contributed by atoms with van der Waals surface area (Å²) in [5.41, 5.74) is 12.7. The van der Waals surface area contributed by atoms with E-state index in [4.69, 9.17) is 4.74 Å². The summed E-state index contributed by atoms with van der Waals surface area (Å²) in [5.74, 6) is 3.27. The van der Waals surface area contributed by atoms with Gasteiger partial charge < -0.3 is 4.74 Å². The molecule has 0 fully saturated rings. The highest BCUT2D eigenvalue weighted by Crippen LogP contribution is 2.40. The predicted octanol–water partition coefficient (Wildman–Crippen LogP) is 7.12. The van der Waals surface area contributed by atoms with Gasteiger partial charge in [-0.05, 0) is 81.2 Å². The first-order valence-corrected chi connectivity index (χ1v) is 17.6. The molecule has 5 aromatic rings. The zero-order chi connectivity index (χ0) is 30.3. The fourth-order valence-corrected chi connectivity index (χ4v) is 9.91. The molecule has 3 heterocycles. The summed E-state index contributed by atoms with van der Waals surface area (Å²) in [6.45, 7) is 14.4. The number of fused-ring (bicyclic) bond motifs is 6. The van der Waals surface area contributed by atoms with Crippen molar-refractivity contribution < 1.29 is 4.74 Å². The Hall–Kier alpha value is -3.27. The van der Waals surface area contributed by atoms with E-state index in [0.29, 0.717) is 17.8 Å². The van der Waals surface area contributed by atoms with E-state index in [1.54, 1.807) is 0 Å². The fourth-order valence-electron chi connectivity index (χ4n) is 7.49. The van der Waals surface area contributed by atoms with Crippen LogP contribution in [0, 0.1) is 0 Å². The number of para-hydroxylation sites is 1. The molecule has 0 unspecified atom stereocenters. The standard InChI is InChI=1S/C39H36B2OS2/c1-22(2)25-18-26(23(3)4)38(27(19-25)24(5)6)40-28-12-7-9-14-32(28)42-33-21-37-31(20-30(33)40)41-29-13-8-10-15-34(29)43-35-16-11-17-36(44-37)39(35)41/h7-24H,1-6H3. The summed E-state index contributed by atoms with van der Waals surface area (Å²) in [7, 11) is 0. The number of benzene rings is 5. The van der Waals surface area contributed by atoms with Gasteiger partial charge in [-0.3, -0.25) is 0 Å². The third kappa shape index (κ3) is 4.34. The first kappa shape index (κ1) is 28.2. The molecule has 0 aromatic heterocycles. The summed E-state index contributed by atoms with van der Waals surface area (Å²) < 4.78 is 6.80. The Bertz CT molecular complexity index is 1930. The van der Waals surface area contributed by atoms with Gasteiger partial charge in [-0.1, -0.05) is 142 Å². The molecule has 5 heteroatoms. The first-order chi connectivity index (χ1) is 21.3. The summed E-state index contributed by atoms with van der Waals surface area (Å²) in [5, 5.41) is 0. The molecule has 216 valence electrons. The maximum atomic E-state index is 6.80. The van der Waals surface area contributed by atoms with Gasteiger partial charge in [0.05, 0.1) is 0 Å². The molecule has 44 heavy (non-hydrogen) atoms. The molecule has 0 bridgehead atoms. The Labute approximate surface area is 271 Å². The zero-order valence-electron chi connectivity index (χ0n) is 26.3. The minimum absolute atomic E-state index is 0.103. The smallest absolute Gasteiger partial charge is 0.251 e. The maximum Gasteiger partial charge on any atom is 0.251 e. The second kappa shape index (κ2) is 10.7. The Morgan fingerprint density at radius 1 is 0.477 bits per heavy atom. The van der Waals surface area contributed by atoms with Gasteiger partial charge in [0.25, 0.3) is 6.71 Å². The molecular formula is C39H36B2OS2. The Kier molecular flexibility index (Phi) is 6.84. The molecule has 0 atom stereocenters. The maximum absolute atomic E-state index is 6.80. The van der Waals surface area contributed by atoms with E-state index in [1.165, 1.54) is 69.0 Å². The van der Waals surface area contributed by atoms with Gasteiger partial charge in [0, 0.05) is 19.6 Å². The van der Waals surface area contributed by atoms with Crippen LogP contribution in [-0.2, 0) is 0 Å². The molecule has 8 rings (SSSR count). The van der Waals surface area contributed by atoms with Gasteiger partial charge in [-0.15, -0.1) is 0 Å². The predicted molar refractivity (Wildman–Crippen MR) is 192 cm³/mol. The van der Waals surface area contributed by atoms with Crippen molar-refractivity contribution in [3.63, 3.8) is 0 Å². The van der Waals surface area contributed by atoms with Crippen molar-refractivity contribution in [2.45, 2.75) is 78.9 Å². The van der Waals surface area contributed by atoms with Gasteiger partial charge >= 0.3 is 0 Å². The average molecular weight is 606 g/mol. The quantitative estimate of drug-likeness (QED) is 0.198. The number of rotatable bonds is 4. The van der Waals surface area contributed by atoms with E-state index in [0.717, 1.165) is 11.5 Å². The van der Waals surface area contributed by atoms with E-state index in [-0.39, 0.29) is 13.4 Å². The normalized spacial score (nSPS) is 14.2. The van der Waals surface area contributed by atoms with Gasteiger partial charge in [0.15, 0.2) is 0 Å². The van der Waals surface area contributed by atoms with Crippen molar-refractivity contribution in [3.8, 4) is 11.5 Å². The molecule has 0 aliphatic carbocycles. The molecule has 0 amide bonds. The molecule has 0 saturated heterocycles. The fraction of sp³-hybridized carbons (Fsp3) is 0.231. The minimum atomic E-state index is 0.103. The molecule has 0 N–H and O–H groups in total. The number of hydrogen-bond acceptors (Lipinski definition) is 3. The van der Waals surface area contributed by atoms with Crippen molar-refractivity contribution in [1.29, 1.82) is 0 Å². The van der Waals surface area contributed by atoms with Crippen LogP contribution in [0.4, 0.5) is 0 Å². The van der Waals surface area contributed by atoms with E-state index in [2.05, 4.69) is 133 Å². The molecule has 0 spiro atoms. The summed E-state index contributed by atoms with van der Waals surface area (Å²) >= 11 is 3.82. The monoisotopic (exact) mass is 606 g/mol. The van der Waals surface area contributed by atoms with Crippen LogP contribution in [0.5, 0.6) is 11.5 Å². The van der Waals surface area contributed by atoms with Crippen molar-refractivity contribution in [3.05, 3.63) is 108 Å². The number of hydrogen-bond donors (Lipinski definition) is 0. The average Bonchev–Trinajstić information content (AvgIpc) is 3.02. The lowest BCUT2D eigenvalue weighted by Gasteiger charge is -2.36. The lowest BCUT2D eigenvalue weighted by molar-refractivity contribution is 0.486. The Morgan fingerprint density at radius 3 is 1.75 bits per heavy atom. The SMILES string of the molecule is CC(C)c1cc(C(C)C)c(B2c3ccccc3Oc3cc4c(cc32)B2c3ccccc3Sc3cccc(c32)S4)c(C(C)C)c1. The molecule has 0 radical (unpaired) electrons. The van der Waals surface area contributed by atoms with Crippen LogP contribution in [0.3, 0.4) is 0 Å². The molecule has 5 aromatic carbocycles. The highest BCUT2D eigenvalue weighted by molar-refractivity contribution is 8.01. The molecule has 1 nitrogen and oxygen atoms in total. The van der Waals surface area contributed by atoms with Crippen molar-refractivity contribution in [2.24, 2.45) is 0 Å². The van der Waals surface area contributed by atoms with Crippen molar-refractivity contribution in [1.82, 2.24) is 0 Å². The largest absolute Gasteiger partial charge is 0.458 e. The number of ether oxygens (including phenoxy) is 1. The van der Waals surface area contributed by atoms with Crippen molar-refractivity contribution in [2.75, 3.05) is 0 Å². The lowest BCUT2D eigenvalue weighted by atomic mass is 9.31. The summed E-state index contributed by atoms with van der Waals surface area (Å²) in [6.07, 6.45) is 0. The van der Waals surface area contributed by atoms with Crippen LogP contribution in [-0.4, -0.2) is 13.4 Å². The minimum Gasteiger partial charge on any atom is -0.458 e. The lowest BCUT2D eigenvalue weighted by Crippen LogP contribution is -2.62. The van der Waals surface area contributed by atoms with Gasteiger partial charge in [0.1, 0.15) is 11.5 Å². The third-order valence-corrected chi connectivity index (χ3v) is 12.0. The van der Waals surface area contributed by atoms with Crippen LogP contribution >= 0.6 is 23.5 Å². The molecule has 0 saturated carbocycles. The molecule has 3 aliphatic rings. The molecule has 3 aliphatic heterocycles. The van der Waals surface area contributed by atoms with Gasteiger partial charge in [0.2, 0.25) is 6.71 Å². The third-order valence-electron chi connectivity index (χ3n) is 9.66. The first-order valence-electron chi connectivity index (χ1n) is 16.0. The van der Waals surface area contributed by atoms with Crippen LogP contribution in [0.1, 0.15) is 76.0 Å². The second-order valence-corrected chi connectivity index (χ2v) is 15.6. The second-order valence-electron chi connectivity index (χ2n) is 13.4. The van der Waals surface area contributed by atoms with Gasteiger partial charge in [-0.25, -0.2) is 0 Å². The van der Waals surface area contributed by atoms with E-state index >= 15 is 0 Å². The molecular weight excluding hydrogens is 570 g/mol. The topological polar surface area (TPSA) is 9.23 Å². The van der Waals surface area contributed by atoms with Crippen LogP contribution in [0.2, 0.25) is 0 Å². The van der Waals surface area contributed by atoms with E-state index < -0.39 is 0 Å². The summed E-state index contributed by atoms with van der Waals surface area (Å²) in [4.78, 5) is 5.42. The van der Waals surface area contributed by atoms with Crippen molar-refractivity contribution >= 4 is 69.7 Å². The van der Waals surface area contributed by atoms with E-state index in [1.807, 2.05) is 23.5 Å². The highest BCUT2D eigenvalue weighted by atomic mass is 32.2. The van der Waals surface area contributed by atoms with Crippen LogP contribution in [0.25, 0.3) is 0 Å². The van der Waals surface area contributed by atoms with Crippen LogP contribution < -0.4 is 37.5 Å². The van der Waals surface area contributed by atoms with E-state index in [9.17, 15) is 0 Å².